The van der Waals surface area contributed by atoms with Crippen molar-refractivity contribution in [3.63, 3.8) is 0 Å². The third-order valence-electron chi connectivity index (χ3n) is 2.57. The summed E-state index contributed by atoms with van der Waals surface area (Å²) in [4.78, 5) is 5.18. The van der Waals surface area contributed by atoms with Crippen LogP contribution in [0.3, 0.4) is 0 Å². The summed E-state index contributed by atoms with van der Waals surface area (Å²) >= 11 is 1.72. The van der Waals surface area contributed by atoms with Crippen LogP contribution in [0.25, 0.3) is 0 Å². The standard InChI is InChI=1S/C11H15N3O2S/c12-11(14-15)10-4-3-9(6-13-10)17-7-8-2-1-5-16-8/h3-4,6,8,15H,1-2,5,7H2,(H2,12,14). The second-order valence-corrected chi connectivity index (χ2v) is 4.90. The van der Waals surface area contributed by atoms with Gasteiger partial charge in [0.2, 0.25) is 0 Å². The number of amidine groups is 1. The molecule has 1 fully saturated rings. The number of thioether (sulfide) groups is 1. The van der Waals surface area contributed by atoms with Gasteiger partial charge in [0, 0.05) is 23.5 Å². The summed E-state index contributed by atoms with van der Waals surface area (Å²) in [5.41, 5.74) is 5.91. The highest BCUT2D eigenvalue weighted by Crippen LogP contribution is 2.23. The number of oxime groups is 1. The molecule has 3 N–H and O–H groups in total. The maximum Gasteiger partial charge on any atom is 0.188 e. The van der Waals surface area contributed by atoms with Crippen molar-refractivity contribution >= 4 is 17.6 Å². The van der Waals surface area contributed by atoms with Crippen molar-refractivity contribution < 1.29 is 9.94 Å². The molecule has 0 amide bonds. The summed E-state index contributed by atoms with van der Waals surface area (Å²) < 4.78 is 5.54. The Balaban J connectivity index is 1.89. The number of hydrogen-bond donors (Lipinski definition) is 2. The van der Waals surface area contributed by atoms with Gasteiger partial charge in [-0.3, -0.25) is 4.98 Å². The normalized spacial score (nSPS) is 20.7. The molecule has 17 heavy (non-hydrogen) atoms. The Bertz CT molecular complexity index is 388. The molecule has 92 valence electrons. The predicted molar refractivity (Wildman–Crippen MR) is 66.4 cm³/mol. The minimum Gasteiger partial charge on any atom is -0.409 e. The first-order chi connectivity index (χ1) is 8.29. The van der Waals surface area contributed by atoms with Crippen LogP contribution in [0.4, 0.5) is 0 Å². The number of nitrogens with zero attached hydrogens (tertiary/aromatic N) is 2. The van der Waals surface area contributed by atoms with E-state index in [4.69, 9.17) is 15.7 Å². The van der Waals surface area contributed by atoms with E-state index in [-0.39, 0.29) is 5.84 Å². The van der Waals surface area contributed by atoms with Gasteiger partial charge in [-0.05, 0) is 25.0 Å². The number of hydrogen-bond acceptors (Lipinski definition) is 5. The van der Waals surface area contributed by atoms with Crippen molar-refractivity contribution in [1.29, 1.82) is 0 Å². The van der Waals surface area contributed by atoms with Gasteiger partial charge < -0.3 is 15.7 Å². The number of nitrogens with two attached hydrogens (primary N) is 1. The fraction of sp³-hybridized carbons (Fsp3) is 0.455. The predicted octanol–water partition coefficient (Wildman–Crippen LogP) is 1.45. The van der Waals surface area contributed by atoms with E-state index in [0.717, 1.165) is 30.1 Å². The molecule has 0 aliphatic carbocycles. The molecule has 1 unspecified atom stereocenters. The second kappa shape index (κ2) is 5.88. The summed E-state index contributed by atoms with van der Waals surface area (Å²) in [5.74, 6) is 0.977. The van der Waals surface area contributed by atoms with Crippen molar-refractivity contribution in [2.75, 3.05) is 12.4 Å². The van der Waals surface area contributed by atoms with Crippen molar-refractivity contribution in [3.8, 4) is 0 Å². The summed E-state index contributed by atoms with van der Waals surface area (Å²) in [6.45, 7) is 0.881. The van der Waals surface area contributed by atoms with Gasteiger partial charge in [0.25, 0.3) is 0 Å². The highest BCUT2D eigenvalue weighted by Gasteiger charge is 2.15. The lowest BCUT2D eigenvalue weighted by Crippen LogP contribution is -2.14. The second-order valence-electron chi connectivity index (χ2n) is 3.81. The van der Waals surface area contributed by atoms with E-state index < -0.39 is 0 Å². The lowest BCUT2D eigenvalue weighted by Gasteiger charge is -2.08. The van der Waals surface area contributed by atoms with Crippen molar-refractivity contribution in [1.82, 2.24) is 4.98 Å². The molecule has 1 aliphatic rings. The lowest BCUT2D eigenvalue weighted by molar-refractivity contribution is 0.129. The molecule has 1 saturated heterocycles. The van der Waals surface area contributed by atoms with E-state index in [1.807, 2.05) is 6.07 Å². The highest BCUT2D eigenvalue weighted by molar-refractivity contribution is 7.99. The molecule has 0 aromatic carbocycles. The van der Waals surface area contributed by atoms with Crippen LogP contribution in [0, 0.1) is 0 Å². The number of pyridine rings is 1. The Labute approximate surface area is 104 Å². The van der Waals surface area contributed by atoms with Gasteiger partial charge in [0.1, 0.15) is 5.69 Å². The van der Waals surface area contributed by atoms with Crippen LogP contribution in [-0.2, 0) is 4.74 Å². The smallest absolute Gasteiger partial charge is 0.188 e. The van der Waals surface area contributed by atoms with Crippen LogP contribution in [0.5, 0.6) is 0 Å². The molecule has 1 atom stereocenters. The monoisotopic (exact) mass is 253 g/mol. The molecule has 0 spiro atoms. The fourth-order valence-corrected chi connectivity index (χ4v) is 2.57. The third-order valence-corrected chi connectivity index (χ3v) is 3.68. The van der Waals surface area contributed by atoms with Gasteiger partial charge in [-0.2, -0.15) is 0 Å². The number of ether oxygens (including phenoxy) is 1. The average Bonchev–Trinajstić information content (AvgIpc) is 2.89. The summed E-state index contributed by atoms with van der Waals surface area (Å²) in [6.07, 6.45) is 4.39. The molecule has 5 nitrogen and oxygen atoms in total. The Hall–Kier alpha value is -1.27. The average molecular weight is 253 g/mol. The molecule has 0 radical (unpaired) electrons. The van der Waals surface area contributed by atoms with Crippen LogP contribution in [0.1, 0.15) is 18.5 Å². The Morgan fingerprint density at radius 1 is 1.65 bits per heavy atom. The van der Waals surface area contributed by atoms with Gasteiger partial charge in [-0.1, -0.05) is 5.16 Å². The first kappa shape index (κ1) is 12.2. The molecule has 6 heteroatoms. The van der Waals surface area contributed by atoms with Crippen LogP contribution in [0.2, 0.25) is 0 Å². The minimum absolute atomic E-state index is 0.0284. The topological polar surface area (TPSA) is 80.7 Å². The van der Waals surface area contributed by atoms with Crippen LogP contribution < -0.4 is 5.73 Å². The van der Waals surface area contributed by atoms with Gasteiger partial charge >= 0.3 is 0 Å². The van der Waals surface area contributed by atoms with Gasteiger partial charge in [0.05, 0.1) is 6.10 Å². The van der Waals surface area contributed by atoms with Crippen LogP contribution >= 0.6 is 11.8 Å². The zero-order valence-electron chi connectivity index (χ0n) is 9.37. The first-order valence-electron chi connectivity index (χ1n) is 5.48. The first-order valence-corrected chi connectivity index (χ1v) is 6.46. The molecule has 2 heterocycles. The van der Waals surface area contributed by atoms with Gasteiger partial charge in [-0.15, -0.1) is 11.8 Å². The van der Waals surface area contributed by atoms with E-state index in [2.05, 4.69) is 10.1 Å². The molecule has 2 rings (SSSR count). The highest BCUT2D eigenvalue weighted by atomic mass is 32.2. The summed E-state index contributed by atoms with van der Waals surface area (Å²) in [5, 5.41) is 11.4. The van der Waals surface area contributed by atoms with E-state index in [0.29, 0.717) is 11.8 Å². The van der Waals surface area contributed by atoms with E-state index >= 15 is 0 Å². The van der Waals surface area contributed by atoms with Crippen molar-refractivity contribution in [3.05, 3.63) is 24.0 Å². The molecule has 0 bridgehead atoms. The van der Waals surface area contributed by atoms with E-state index in [9.17, 15) is 0 Å². The largest absolute Gasteiger partial charge is 0.409 e. The van der Waals surface area contributed by atoms with E-state index in [1.165, 1.54) is 0 Å². The summed E-state index contributed by atoms with van der Waals surface area (Å²) in [7, 11) is 0. The maximum absolute atomic E-state index is 8.51. The zero-order chi connectivity index (χ0) is 12.1. The fourth-order valence-electron chi connectivity index (χ4n) is 1.63. The maximum atomic E-state index is 8.51. The molecule has 1 aromatic heterocycles. The van der Waals surface area contributed by atoms with E-state index in [1.54, 1.807) is 24.0 Å². The molecule has 1 aromatic rings. The molecule has 0 saturated carbocycles. The number of rotatable bonds is 4. The lowest BCUT2D eigenvalue weighted by atomic mass is 10.3. The third kappa shape index (κ3) is 3.34. The SMILES string of the molecule is N/C(=N/O)c1ccc(SCC2CCCO2)cn1. The Kier molecular flexibility index (Phi) is 4.22. The van der Waals surface area contributed by atoms with Crippen LogP contribution in [-0.4, -0.2) is 34.5 Å². The summed E-state index contributed by atoms with van der Waals surface area (Å²) in [6, 6.07) is 3.66. The Morgan fingerprint density at radius 3 is 3.12 bits per heavy atom. The molecular formula is C11H15N3O2S. The molecular weight excluding hydrogens is 238 g/mol. The van der Waals surface area contributed by atoms with Gasteiger partial charge in [-0.25, -0.2) is 0 Å². The van der Waals surface area contributed by atoms with Crippen LogP contribution in [0.15, 0.2) is 28.4 Å². The quantitative estimate of drug-likeness (QED) is 0.279. The van der Waals surface area contributed by atoms with Crippen molar-refractivity contribution in [2.24, 2.45) is 10.9 Å². The van der Waals surface area contributed by atoms with Gasteiger partial charge in [0.15, 0.2) is 5.84 Å². The molecule has 1 aliphatic heterocycles. The Morgan fingerprint density at radius 2 is 2.53 bits per heavy atom. The minimum atomic E-state index is 0.0284. The zero-order valence-corrected chi connectivity index (χ0v) is 10.2. The van der Waals surface area contributed by atoms with Crippen molar-refractivity contribution in [2.45, 2.75) is 23.8 Å². The number of aromatic nitrogens is 1.